The highest BCUT2D eigenvalue weighted by atomic mass is 15.1. The van der Waals surface area contributed by atoms with Crippen molar-refractivity contribution >= 4 is 11.0 Å². The third-order valence-corrected chi connectivity index (χ3v) is 2.19. The van der Waals surface area contributed by atoms with Gasteiger partial charge in [-0.05, 0) is 30.5 Å². The van der Waals surface area contributed by atoms with Gasteiger partial charge in [-0.1, -0.05) is 13.8 Å². The van der Waals surface area contributed by atoms with E-state index in [-0.39, 0.29) is 0 Å². The molecule has 72 valence electrons. The van der Waals surface area contributed by atoms with E-state index in [2.05, 4.69) is 41.2 Å². The molecule has 0 unspecified atom stereocenters. The number of rotatable bonds is 1. The molecule has 0 radical (unpaired) electrons. The van der Waals surface area contributed by atoms with Gasteiger partial charge in [-0.25, -0.2) is 4.98 Å². The predicted molar refractivity (Wildman–Crippen MR) is 56.2 cm³/mol. The number of hydrogen-bond acceptors (Lipinski definition) is 3. The molecule has 2 aromatic rings. The molecule has 0 spiro atoms. The average molecular weight is 187 g/mol. The van der Waals surface area contributed by atoms with E-state index in [4.69, 9.17) is 0 Å². The molecule has 0 saturated heterocycles. The van der Waals surface area contributed by atoms with E-state index >= 15 is 0 Å². The van der Waals surface area contributed by atoms with Crippen LogP contribution in [0.1, 0.15) is 31.0 Å². The van der Waals surface area contributed by atoms with Gasteiger partial charge >= 0.3 is 0 Å². The van der Waals surface area contributed by atoms with Crippen molar-refractivity contribution in [1.82, 2.24) is 15.2 Å². The summed E-state index contributed by atoms with van der Waals surface area (Å²) in [5, 5.41) is 9.28. The van der Waals surface area contributed by atoms with Crippen molar-refractivity contribution in [2.24, 2.45) is 0 Å². The quantitative estimate of drug-likeness (QED) is 0.688. The van der Waals surface area contributed by atoms with E-state index in [9.17, 15) is 0 Å². The van der Waals surface area contributed by atoms with E-state index in [1.807, 2.05) is 13.1 Å². The zero-order valence-electron chi connectivity index (χ0n) is 8.65. The molecule has 0 N–H and O–H groups in total. The van der Waals surface area contributed by atoms with Gasteiger partial charge in [0.2, 0.25) is 0 Å². The predicted octanol–water partition coefficient (Wildman–Crippen LogP) is 2.46. The third-order valence-electron chi connectivity index (χ3n) is 2.19. The van der Waals surface area contributed by atoms with Crippen LogP contribution in [0.2, 0.25) is 0 Å². The SMILES string of the molecule is Cc1cnc2nnc(C(C)C)cc2c1. The first-order valence-electron chi connectivity index (χ1n) is 4.77. The number of nitrogens with zero attached hydrogens (tertiary/aromatic N) is 3. The Morgan fingerprint density at radius 3 is 2.64 bits per heavy atom. The molecule has 2 heterocycles. The van der Waals surface area contributed by atoms with Crippen molar-refractivity contribution in [2.75, 3.05) is 0 Å². The molecule has 0 saturated carbocycles. The molecule has 3 heteroatoms. The minimum absolute atomic E-state index is 0.410. The van der Waals surface area contributed by atoms with Gasteiger partial charge in [0.1, 0.15) is 0 Å². The smallest absolute Gasteiger partial charge is 0.181 e. The van der Waals surface area contributed by atoms with Gasteiger partial charge in [-0.3, -0.25) is 0 Å². The van der Waals surface area contributed by atoms with Gasteiger partial charge < -0.3 is 0 Å². The zero-order chi connectivity index (χ0) is 10.1. The molecule has 0 fully saturated rings. The largest absolute Gasteiger partial charge is 0.235 e. The van der Waals surface area contributed by atoms with Crippen molar-refractivity contribution in [1.29, 1.82) is 0 Å². The van der Waals surface area contributed by atoms with Crippen LogP contribution < -0.4 is 0 Å². The summed E-state index contributed by atoms with van der Waals surface area (Å²) in [5.41, 5.74) is 2.89. The average Bonchev–Trinajstić information content (AvgIpc) is 2.16. The van der Waals surface area contributed by atoms with E-state index < -0.39 is 0 Å². The maximum Gasteiger partial charge on any atom is 0.181 e. The van der Waals surface area contributed by atoms with Crippen molar-refractivity contribution < 1.29 is 0 Å². The highest BCUT2D eigenvalue weighted by molar-refractivity contribution is 5.74. The highest BCUT2D eigenvalue weighted by Crippen LogP contribution is 2.16. The fourth-order valence-corrected chi connectivity index (χ4v) is 1.35. The minimum Gasteiger partial charge on any atom is -0.235 e. The molecule has 0 bridgehead atoms. The van der Waals surface area contributed by atoms with E-state index in [0.717, 1.165) is 22.3 Å². The molecule has 0 amide bonds. The van der Waals surface area contributed by atoms with Crippen LogP contribution in [0, 0.1) is 6.92 Å². The lowest BCUT2D eigenvalue weighted by atomic mass is 10.1. The maximum absolute atomic E-state index is 4.21. The Hall–Kier alpha value is -1.51. The Labute approximate surface area is 83.2 Å². The molecule has 0 atom stereocenters. The molecule has 0 aliphatic heterocycles. The lowest BCUT2D eigenvalue weighted by molar-refractivity contribution is 0.792. The summed E-state index contributed by atoms with van der Waals surface area (Å²) in [6.07, 6.45) is 1.81. The molecule has 0 aliphatic carbocycles. The molecule has 2 aromatic heterocycles. The monoisotopic (exact) mass is 187 g/mol. The third kappa shape index (κ3) is 1.58. The van der Waals surface area contributed by atoms with E-state index in [0.29, 0.717) is 5.92 Å². The lowest BCUT2D eigenvalue weighted by Gasteiger charge is -2.04. The fraction of sp³-hybridized carbons (Fsp3) is 0.364. The normalized spacial score (nSPS) is 11.1. The number of hydrogen-bond donors (Lipinski definition) is 0. The Morgan fingerprint density at radius 1 is 1.14 bits per heavy atom. The van der Waals surface area contributed by atoms with E-state index in [1.165, 1.54) is 0 Å². The van der Waals surface area contributed by atoms with Crippen LogP contribution in [0.4, 0.5) is 0 Å². The Bertz CT molecular complexity index is 463. The molecule has 2 rings (SSSR count). The highest BCUT2D eigenvalue weighted by Gasteiger charge is 2.04. The number of fused-ring (bicyclic) bond motifs is 1. The summed E-state index contributed by atoms with van der Waals surface area (Å²) in [6, 6.07) is 4.15. The van der Waals surface area contributed by atoms with Gasteiger partial charge in [-0.2, -0.15) is 5.10 Å². The summed E-state index contributed by atoms with van der Waals surface area (Å²) in [5.74, 6) is 0.410. The van der Waals surface area contributed by atoms with E-state index in [1.54, 1.807) is 0 Å². The molecular weight excluding hydrogens is 174 g/mol. The van der Waals surface area contributed by atoms with Crippen LogP contribution >= 0.6 is 0 Å². The molecule has 0 aromatic carbocycles. The van der Waals surface area contributed by atoms with Gasteiger partial charge in [0.25, 0.3) is 0 Å². The van der Waals surface area contributed by atoms with Gasteiger partial charge in [0.15, 0.2) is 5.65 Å². The van der Waals surface area contributed by atoms with Crippen molar-refractivity contribution in [2.45, 2.75) is 26.7 Å². The first-order chi connectivity index (χ1) is 6.66. The zero-order valence-corrected chi connectivity index (χ0v) is 8.65. The summed E-state index contributed by atoms with van der Waals surface area (Å²) >= 11 is 0. The van der Waals surface area contributed by atoms with Crippen molar-refractivity contribution in [3.63, 3.8) is 0 Å². The second-order valence-electron chi connectivity index (χ2n) is 3.85. The Balaban J connectivity index is 2.63. The molecule has 3 nitrogen and oxygen atoms in total. The minimum atomic E-state index is 0.410. The summed E-state index contributed by atoms with van der Waals surface area (Å²) in [6.45, 7) is 6.25. The number of aromatic nitrogens is 3. The first kappa shape index (κ1) is 9.06. The Kier molecular flexibility index (Phi) is 2.15. The summed E-state index contributed by atoms with van der Waals surface area (Å²) in [7, 11) is 0. The number of pyridine rings is 1. The molecule has 14 heavy (non-hydrogen) atoms. The van der Waals surface area contributed by atoms with Crippen LogP contribution in [-0.4, -0.2) is 15.2 Å². The topological polar surface area (TPSA) is 38.7 Å². The Morgan fingerprint density at radius 2 is 1.93 bits per heavy atom. The van der Waals surface area contributed by atoms with Gasteiger partial charge in [0.05, 0.1) is 5.69 Å². The molecular formula is C11H13N3. The van der Waals surface area contributed by atoms with Crippen LogP contribution in [0.25, 0.3) is 11.0 Å². The van der Waals surface area contributed by atoms with Crippen molar-refractivity contribution in [3.8, 4) is 0 Å². The summed E-state index contributed by atoms with van der Waals surface area (Å²) < 4.78 is 0. The van der Waals surface area contributed by atoms with Gasteiger partial charge in [-0.15, -0.1) is 5.10 Å². The number of aryl methyl sites for hydroxylation is 1. The van der Waals surface area contributed by atoms with Crippen LogP contribution in [0.3, 0.4) is 0 Å². The second-order valence-corrected chi connectivity index (χ2v) is 3.85. The first-order valence-corrected chi connectivity index (χ1v) is 4.77. The summed E-state index contributed by atoms with van der Waals surface area (Å²) in [4.78, 5) is 4.21. The lowest BCUT2D eigenvalue weighted by Crippen LogP contribution is -1.96. The molecule has 0 aliphatic rings. The standard InChI is InChI=1S/C11H13N3/c1-7(2)10-5-9-4-8(3)6-12-11(9)14-13-10/h4-7H,1-3H3. The van der Waals surface area contributed by atoms with Crippen LogP contribution in [0.15, 0.2) is 18.3 Å². The van der Waals surface area contributed by atoms with Gasteiger partial charge in [0, 0.05) is 11.6 Å². The second kappa shape index (κ2) is 3.33. The fourth-order valence-electron chi connectivity index (χ4n) is 1.35. The van der Waals surface area contributed by atoms with Crippen LogP contribution in [0.5, 0.6) is 0 Å². The van der Waals surface area contributed by atoms with Crippen LogP contribution in [-0.2, 0) is 0 Å². The van der Waals surface area contributed by atoms with Crippen molar-refractivity contribution in [3.05, 3.63) is 29.6 Å². The maximum atomic E-state index is 4.21.